The van der Waals surface area contributed by atoms with Crippen molar-refractivity contribution in [2.45, 2.75) is 6.92 Å². The van der Waals surface area contributed by atoms with Crippen LogP contribution in [-0.2, 0) is 0 Å². The fraction of sp³-hybridized carbons (Fsp3) is 0.0909. The van der Waals surface area contributed by atoms with E-state index in [1.807, 2.05) is 0 Å². The molecule has 0 aromatic carbocycles. The largest absolute Gasteiger partial charge is 0.476 e. The molecule has 6 nitrogen and oxygen atoms in total. The first kappa shape index (κ1) is 11.9. The molecule has 0 aliphatic carbocycles. The maximum absolute atomic E-state index is 13.1. The second-order valence-electron chi connectivity index (χ2n) is 3.57. The van der Waals surface area contributed by atoms with Gasteiger partial charge < -0.3 is 5.11 Å². The number of aryl methyl sites for hydroxylation is 1. The smallest absolute Gasteiger partial charge is 0.356 e. The highest BCUT2D eigenvalue weighted by Crippen LogP contribution is 2.13. The fourth-order valence-electron chi connectivity index (χ4n) is 1.46. The topological polar surface area (TPSA) is 85.1 Å². The second kappa shape index (κ2) is 4.36. The summed E-state index contributed by atoms with van der Waals surface area (Å²) in [5.41, 5.74) is 0.210. The third-order valence-electron chi connectivity index (χ3n) is 2.32. The molecule has 0 unspecified atom stereocenters. The highest BCUT2D eigenvalue weighted by Gasteiger charge is 2.13. The first-order chi connectivity index (χ1) is 8.52. The normalized spacial score (nSPS) is 10.3. The van der Waals surface area contributed by atoms with E-state index in [-0.39, 0.29) is 17.1 Å². The van der Waals surface area contributed by atoms with Gasteiger partial charge in [-0.25, -0.2) is 18.9 Å². The third kappa shape index (κ3) is 1.97. The molecule has 0 aliphatic rings. The lowest BCUT2D eigenvalue weighted by Crippen LogP contribution is -2.05. The van der Waals surface area contributed by atoms with Gasteiger partial charge in [-0.1, -0.05) is 0 Å². The van der Waals surface area contributed by atoms with Crippen LogP contribution < -0.4 is 0 Å². The number of carboxylic acid groups (broad SMARTS) is 1. The summed E-state index contributed by atoms with van der Waals surface area (Å²) >= 11 is 0. The van der Waals surface area contributed by atoms with Crippen LogP contribution in [0, 0.1) is 12.7 Å². The van der Waals surface area contributed by atoms with Crippen molar-refractivity contribution in [2.24, 2.45) is 0 Å². The minimum Gasteiger partial charge on any atom is -0.476 e. The van der Waals surface area contributed by atoms with Crippen LogP contribution >= 0.6 is 0 Å². The van der Waals surface area contributed by atoms with Gasteiger partial charge >= 0.3 is 5.97 Å². The van der Waals surface area contributed by atoms with Crippen molar-refractivity contribution in [2.75, 3.05) is 0 Å². The van der Waals surface area contributed by atoms with Gasteiger partial charge in [-0.15, -0.1) is 0 Å². The van der Waals surface area contributed by atoms with E-state index >= 15 is 0 Å². The molecule has 0 amide bonds. The van der Waals surface area contributed by atoms with Gasteiger partial charge in [0.05, 0.1) is 11.8 Å². The van der Waals surface area contributed by atoms with Crippen LogP contribution in [0.5, 0.6) is 0 Å². The number of aromatic nitrogens is 3. The molecule has 0 radical (unpaired) electrons. The lowest BCUT2D eigenvalue weighted by atomic mass is 10.3. The van der Waals surface area contributed by atoms with Crippen LogP contribution in [-0.4, -0.2) is 32.1 Å². The molecule has 18 heavy (non-hydrogen) atoms. The molecule has 92 valence electrons. The molecule has 0 atom stereocenters. The van der Waals surface area contributed by atoms with Crippen molar-refractivity contribution in [3.8, 4) is 5.82 Å². The van der Waals surface area contributed by atoms with Crippen molar-refractivity contribution in [1.82, 2.24) is 14.8 Å². The molecule has 2 rings (SSSR count). The average molecular weight is 249 g/mol. The maximum Gasteiger partial charge on any atom is 0.356 e. The van der Waals surface area contributed by atoms with E-state index in [0.717, 1.165) is 6.20 Å². The monoisotopic (exact) mass is 249 g/mol. The van der Waals surface area contributed by atoms with Crippen molar-refractivity contribution < 1.29 is 19.1 Å². The van der Waals surface area contributed by atoms with E-state index in [0.29, 0.717) is 12.0 Å². The first-order valence-electron chi connectivity index (χ1n) is 4.94. The Morgan fingerprint density at radius 2 is 2.22 bits per heavy atom. The fourth-order valence-corrected chi connectivity index (χ4v) is 1.46. The van der Waals surface area contributed by atoms with Gasteiger partial charge in [-0.2, -0.15) is 5.10 Å². The summed E-state index contributed by atoms with van der Waals surface area (Å²) in [5.74, 6) is -1.73. The molecule has 1 N–H and O–H groups in total. The molecule has 2 heterocycles. The molecule has 0 bridgehead atoms. The minimum atomic E-state index is -1.17. The van der Waals surface area contributed by atoms with E-state index in [4.69, 9.17) is 5.11 Å². The zero-order valence-corrected chi connectivity index (χ0v) is 9.29. The molecule has 2 aromatic rings. The Kier molecular flexibility index (Phi) is 2.88. The summed E-state index contributed by atoms with van der Waals surface area (Å²) in [7, 11) is 0. The van der Waals surface area contributed by atoms with Gasteiger partial charge in [0.15, 0.2) is 23.6 Å². The van der Waals surface area contributed by atoms with Crippen molar-refractivity contribution in [3.63, 3.8) is 0 Å². The number of aromatic carboxylic acids is 1. The number of carbonyl (C=O) groups is 2. The quantitative estimate of drug-likeness (QED) is 0.827. The van der Waals surface area contributed by atoms with E-state index < -0.39 is 11.8 Å². The predicted octanol–water partition coefficient (Wildman–Crippen LogP) is 1.23. The van der Waals surface area contributed by atoms with Gasteiger partial charge in [-0.05, 0) is 19.1 Å². The number of halogens is 1. The summed E-state index contributed by atoms with van der Waals surface area (Å²) < 4.78 is 14.3. The standard InChI is InChI=1S/C11H8FN3O3/c1-6-2-9(11(17)18)14-15(6)10-3-7(5-16)8(12)4-13-10/h2-5H,1H3,(H,17,18). The highest BCUT2D eigenvalue weighted by atomic mass is 19.1. The Labute approximate surface area is 101 Å². The zero-order chi connectivity index (χ0) is 13.3. The first-order valence-corrected chi connectivity index (χ1v) is 4.94. The van der Waals surface area contributed by atoms with E-state index in [1.54, 1.807) is 6.92 Å². The number of carboxylic acids is 1. The molecule has 0 fully saturated rings. The number of nitrogens with zero attached hydrogens (tertiary/aromatic N) is 3. The summed E-state index contributed by atoms with van der Waals surface area (Å²) in [6.45, 7) is 1.63. The Bertz CT molecular complexity index is 636. The Morgan fingerprint density at radius 3 is 2.78 bits per heavy atom. The van der Waals surface area contributed by atoms with Gasteiger partial charge in [0.25, 0.3) is 0 Å². The summed E-state index contributed by atoms with van der Waals surface area (Å²) in [6.07, 6.45) is 1.25. The summed E-state index contributed by atoms with van der Waals surface area (Å²) in [6, 6.07) is 2.56. The molecular formula is C11H8FN3O3. The average Bonchev–Trinajstić information content (AvgIpc) is 2.72. The van der Waals surface area contributed by atoms with Crippen molar-refractivity contribution in [1.29, 1.82) is 0 Å². The second-order valence-corrected chi connectivity index (χ2v) is 3.57. The molecule has 0 spiro atoms. The number of aldehydes is 1. The lowest BCUT2D eigenvalue weighted by Gasteiger charge is -2.03. The highest BCUT2D eigenvalue weighted by molar-refractivity contribution is 5.85. The van der Waals surface area contributed by atoms with E-state index in [1.165, 1.54) is 16.8 Å². The molecule has 2 aromatic heterocycles. The van der Waals surface area contributed by atoms with Crippen LogP contribution in [0.15, 0.2) is 18.3 Å². The Hall–Kier alpha value is -2.57. The minimum absolute atomic E-state index is 0.147. The SMILES string of the molecule is Cc1cc(C(=O)O)nn1-c1cc(C=O)c(F)cn1. The van der Waals surface area contributed by atoms with Crippen LogP contribution in [0.2, 0.25) is 0 Å². The predicted molar refractivity (Wildman–Crippen MR) is 58.4 cm³/mol. The van der Waals surface area contributed by atoms with Crippen LogP contribution in [0.4, 0.5) is 4.39 Å². The van der Waals surface area contributed by atoms with Gasteiger partial charge in [0.1, 0.15) is 0 Å². The Balaban J connectivity index is 2.54. The Morgan fingerprint density at radius 1 is 1.50 bits per heavy atom. The lowest BCUT2D eigenvalue weighted by molar-refractivity contribution is 0.0689. The third-order valence-corrected chi connectivity index (χ3v) is 2.32. The van der Waals surface area contributed by atoms with Gasteiger partial charge in [-0.3, -0.25) is 4.79 Å². The summed E-state index contributed by atoms with van der Waals surface area (Å²) in [5, 5.41) is 12.6. The number of hydrogen-bond donors (Lipinski definition) is 1. The van der Waals surface area contributed by atoms with Gasteiger partial charge in [0.2, 0.25) is 0 Å². The van der Waals surface area contributed by atoms with Crippen LogP contribution in [0.1, 0.15) is 26.5 Å². The molecule has 0 saturated heterocycles. The van der Waals surface area contributed by atoms with Gasteiger partial charge in [0, 0.05) is 5.69 Å². The van der Waals surface area contributed by atoms with Crippen LogP contribution in [0.3, 0.4) is 0 Å². The molecule has 0 saturated carbocycles. The number of carbonyl (C=O) groups excluding carboxylic acids is 1. The maximum atomic E-state index is 13.1. The van der Waals surface area contributed by atoms with Crippen LogP contribution in [0.25, 0.3) is 5.82 Å². The summed E-state index contributed by atoms with van der Waals surface area (Å²) in [4.78, 5) is 25.1. The number of hydrogen-bond acceptors (Lipinski definition) is 4. The zero-order valence-electron chi connectivity index (χ0n) is 9.29. The number of pyridine rings is 1. The molecular weight excluding hydrogens is 241 g/mol. The molecule has 0 aliphatic heterocycles. The van der Waals surface area contributed by atoms with E-state index in [2.05, 4.69) is 10.1 Å². The molecule has 7 heteroatoms. The van der Waals surface area contributed by atoms with E-state index in [9.17, 15) is 14.0 Å². The number of rotatable bonds is 3. The van der Waals surface area contributed by atoms with Crippen molar-refractivity contribution in [3.05, 3.63) is 41.1 Å². The van der Waals surface area contributed by atoms with Crippen molar-refractivity contribution >= 4 is 12.3 Å².